The Kier molecular flexibility index (Phi) is 4.28. The Bertz CT molecular complexity index is 523. The predicted molar refractivity (Wildman–Crippen MR) is 80.4 cm³/mol. The highest BCUT2D eigenvalue weighted by molar-refractivity contribution is 5.81. The topological polar surface area (TPSA) is 55.8 Å². The minimum absolute atomic E-state index is 0.259. The van der Waals surface area contributed by atoms with Crippen LogP contribution in [0.4, 0.5) is 0 Å². The van der Waals surface area contributed by atoms with Gasteiger partial charge in [-0.2, -0.15) is 0 Å². The molecule has 1 aromatic rings. The molecule has 1 aliphatic rings. The second-order valence-corrected chi connectivity index (χ2v) is 6.15. The van der Waals surface area contributed by atoms with Crippen molar-refractivity contribution in [3.8, 4) is 5.75 Å². The smallest absolute Gasteiger partial charge is 0.338 e. The number of hydrogen-bond donors (Lipinski definition) is 1. The van der Waals surface area contributed by atoms with E-state index in [0.717, 1.165) is 11.3 Å². The summed E-state index contributed by atoms with van der Waals surface area (Å²) in [6.45, 7) is 7.75. The molecule has 1 N–H and O–H groups in total. The summed E-state index contributed by atoms with van der Waals surface area (Å²) in [5.41, 5.74) is -1.09. The van der Waals surface area contributed by atoms with Crippen molar-refractivity contribution in [2.24, 2.45) is 0 Å². The molecule has 1 aromatic carbocycles. The molecule has 4 heteroatoms. The van der Waals surface area contributed by atoms with Crippen molar-refractivity contribution in [3.05, 3.63) is 29.8 Å². The van der Waals surface area contributed by atoms with E-state index in [-0.39, 0.29) is 12.5 Å². The zero-order valence-electron chi connectivity index (χ0n) is 13.2. The van der Waals surface area contributed by atoms with Gasteiger partial charge in [0.1, 0.15) is 11.4 Å². The standard InChI is InChI=1S/C17H24O4/c1-5-17(19,15(18)20-6-2)13-11-16(3,4)21-14-10-8-7-9-12(13)14/h7-10,13,19H,5-6,11H2,1-4H3. The Hall–Kier alpha value is -1.55. The second-order valence-electron chi connectivity index (χ2n) is 6.15. The molecule has 0 spiro atoms. The molecule has 0 amide bonds. The number of hydrogen-bond acceptors (Lipinski definition) is 4. The summed E-state index contributed by atoms with van der Waals surface area (Å²) in [6, 6.07) is 7.58. The van der Waals surface area contributed by atoms with E-state index in [0.29, 0.717) is 12.8 Å². The number of rotatable bonds is 4. The van der Waals surface area contributed by atoms with Gasteiger partial charge in [0.25, 0.3) is 0 Å². The number of ether oxygens (including phenoxy) is 2. The van der Waals surface area contributed by atoms with Gasteiger partial charge >= 0.3 is 5.97 Å². The zero-order chi connectivity index (χ0) is 15.7. The van der Waals surface area contributed by atoms with Crippen LogP contribution in [0.2, 0.25) is 0 Å². The summed E-state index contributed by atoms with van der Waals surface area (Å²) >= 11 is 0. The number of esters is 1. The van der Waals surface area contributed by atoms with Gasteiger partial charge in [-0.25, -0.2) is 4.79 Å². The van der Waals surface area contributed by atoms with E-state index in [1.807, 2.05) is 45.0 Å². The quantitative estimate of drug-likeness (QED) is 0.867. The van der Waals surface area contributed by atoms with Gasteiger partial charge in [0.05, 0.1) is 6.61 Å². The number of carbonyl (C=O) groups is 1. The van der Waals surface area contributed by atoms with Gasteiger partial charge < -0.3 is 14.6 Å². The Balaban J connectivity index is 2.48. The van der Waals surface area contributed by atoms with Gasteiger partial charge in [0, 0.05) is 11.5 Å². The number of fused-ring (bicyclic) bond motifs is 1. The zero-order valence-corrected chi connectivity index (χ0v) is 13.2. The highest BCUT2D eigenvalue weighted by atomic mass is 16.5. The molecule has 2 unspecified atom stereocenters. The van der Waals surface area contributed by atoms with Crippen LogP contribution in [0.3, 0.4) is 0 Å². The van der Waals surface area contributed by atoms with Gasteiger partial charge in [-0.15, -0.1) is 0 Å². The highest BCUT2D eigenvalue weighted by Gasteiger charge is 2.50. The minimum atomic E-state index is -1.52. The fraction of sp³-hybridized carbons (Fsp3) is 0.588. The van der Waals surface area contributed by atoms with Crippen LogP contribution in [0.15, 0.2) is 24.3 Å². The van der Waals surface area contributed by atoms with Crippen molar-refractivity contribution in [2.75, 3.05) is 6.61 Å². The maximum atomic E-state index is 12.3. The molecule has 2 atom stereocenters. The monoisotopic (exact) mass is 292 g/mol. The van der Waals surface area contributed by atoms with Gasteiger partial charge in [-0.05, 0) is 39.7 Å². The molecular weight excluding hydrogens is 268 g/mol. The summed E-state index contributed by atoms with van der Waals surface area (Å²) in [5, 5.41) is 11.0. The summed E-state index contributed by atoms with van der Waals surface area (Å²) in [4.78, 5) is 12.3. The highest BCUT2D eigenvalue weighted by Crippen LogP contribution is 2.47. The first kappa shape index (κ1) is 15.8. The normalized spacial score (nSPS) is 22.6. The molecular formula is C17H24O4. The summed E-state index contributed by atoms with van der Waals surface area (Å²) in [6.07, 6.45) is 0.869. The van der Waals surface area contributed by atoms with E-state index >= 15 is 0 Å². The molecule has 0 aliphatic carbocycles. The average Bonchev–Trinajstić information content (AvgIpc) is 2.44. The molecule has 0 bridgehead atoms. The van der Waals surface area contributed by atoms with E-state index in [2.05, 4.69) is 0 Å². The van der Waals surface area contributed by atoms with Crippen molar-refractivity contribution >= 4 is 5.97 Å². The lowest BCUT2D eigenvalue weighted by Gasteiger charge is -2.43. The van der Waals surface area contributed by atoms with Gasteiger partial charge in [0.15, 0.2) is 5.60 Å². The van der Waals surface area contributed by atoms with E-state index in [9.17, 15) is 9.90 Å². The van der Waals surface area contributed by atoms with Crippen LogP contribution in [-0.4, -0.2) is 28.9 Å². The average molecular weight is 292 g/mol. The van der Waals surface area contributed by atoms with E-state index in [1.54, 1.807) is 6.92 Å². The van der Waals surface area contributed by atoms with Gasteiger partial charge in [-0.1, -0.05) is 25.1 Å². The first-order valence-electron chi connectivity index (χ1n) is 7.51. The molecule has 0 fully saturated rings. The summed E-state index contributed by atoms with van der Waals surface area (Å²) in [5.74, 6) is -0.151. The SMILES string of the molecule is CCOC(=O)C(O)(CC)C1CC(C)(C)Oc2ccccc21. The van der Waals surface area contributed by atoms with Crippen LogP contribution in [0.5, 0.6) is 5.75 Å². The van der Waals surface area contributed by atoms with Crippen LogP contribution >= 0.6 is 0 Å². The van der Waals surface area contributed by atoms with Crippen molar-refractivity contribution in [1.29, 1.82) is 0 Å². The number of benzene rings is 1. The first-order chi connectivity index (χ1) is 9.84. The lowest BCUT2D eigenvalue weighted by Crippen LogP contribution is -2.50. The van der Waals surface area contributed by atoms with Crippen LogP contribution in [0, 0.1) is 0 Å². The molecule has 0 radical (unpaired) electrons. The Labute approximate surface area is 126 Å². The van der Waals surface area contributed by atoms with Crippen LogP contribution < -0.4 is 4.74 Å². The molecule has 21 heavy (non-hydrogen) atoms. The number of aliphatic hydroxyl groups is 1. The molecule has 0 aromatic heterocycles. The van der Waals surface area contributed by atoms with E-state index in [1.165, 1.54) is 0 Å². The number of para-hydroxylation sites is 1. The predicted octanol–water partition coefficient (Wildman–Crippen LogP) is 3.04. The molecule has 116 valence electrons. The molecule has 4 nitrogen and oxygen atoms in total. The maximum Gasteiger partial charge on any atom is 0.338 e. The van der Waals surface area contributed by atoms with Crippen LogP contribution in [0.25, 0.3) is 0 Å². The molecule has 1 aliphatic heterocycles. The largest absolute Gasteiger partial charge is 0.488 e. The van der Waals surface area contributed by atoms with Gasteiger partial charge in [0.2, 0.25) is 0 Å². The van der Waals surface area contributed by atoms with Crippen molar-refractivity contribution in [1.82, 2.24) is 0 Å². The third-order valence-corrected chi connectivity index (χ3v) is 4.12. The molecule has 0 saturated carbocycles. The van der Waals surface area contributed by atoms with Crippen LogP contribution in [-0.2, 0) is 9.53 Å². The molecule has 2 rings (SSSR count). The van der Waals surface area contributed by atoms with Gasteiger partial charge in [-0.3, -0.25) is 0 Å². The fourth-order valence-electron chi connectivity index (χ4n) is 3.02. The summed E-state index contributed by atoms with van der Waals surface area (Å²) < 4.78 is 11.1. The number of carbonyl (C=O) groups excluding carboxylic acids is 1. The molecule has 1 heterocycles. The van der Waals surface area contributed by atoms with E-state index < -0.39 is 17.2 Å². The van der Waals surface area contributed by atoms with Crippen molar-refractivity contribution < 1.29 is 19.4 Å². The lowest BCUT2D eigenvalue weighted by atomic mass is 9.72. The maximum absolute atomic E-state index is 12.3. The van der Waals surface area contributed by atoms with E-state index in [4.69, 9.17) is 9.47 Å². The minimum Gasteiger partial charge on any atom is -0.488 e. The summed E-state index contributed by atoms with van der Waals surface area (Å²) in [7, 11) is 0. The fourth-order valence-corrected chi connectivity index (χ4v) is 3.02. The van der Waals surface area contributed by atoms with Crippen LogP contribution in [0.1, 0.15) is 52.0 Å². The van der Waals surface area contributed by atoms with Crippen molar-refractivity contribution in [2.45, 2.75) is 57.7 Å². The third-order valence-electron chi connectivity index (χ3n) is 4.12. The molecule has 0 saturated heterocycles. The van der Waals surface area contributed by atoms with Crippen molar-refractivity contribution in [3.63, 3.8) is 0 Å². The second kappa shape index (κ2) is 5.68. The Morgan fingerprint density at radius 2 is 2.10 bits per heavy atom. The first-order valence-corrected chi connectivity index (χ1v) is 7.51. The third kappa shape index (κ3) is 2.91. The lowest BCUT2D eigenvalue weighted by molar-refractivity contribution is -0.170. The Morgan fingerprint density at radius 3 is 2.71 bits per heavy atom. The Morgan fingerprint density at radius 1 is 1.43 bits per heavy atom.